The standard InChI is InChI=1S/C18H20N4O2/c23-22(24)18-8-6-16(7-9-18)14-19-21-12-10-20(11-13-21)15-17-4-2-1-3-5-17/h1-9,14H,10-13,15H2/b19-14+. The van der Waals surface area contributed by atoms with Crippen molar-refractivity contribution in [1.29, 1.82) is 0 Å². The first-order valence-electron chi connectivity index (χ1n) is 8.00. The first-order valence-corrected chi connectivity index (χ1v) is 8.00. The fourth-order valence-electron chi connectivity index (χ4n) is 2.68. The van der Waals surface area contributed by atoms with E-state index in [1.54, 1.807) is 18.3 Å². The van der Waals surface area contributed by atoms with Crippen LogP contribution < -0.4 is 0 Å². The van der Waals surface area contributed by atoms with Crippen molar-refractivity contribution in [2.24, 2.45) is 5.10 Å². The minimum Gasteiger partial charge on any atom is -0.295 e. The van der Waals surface area contributed by atoms with Crippen LogP contribution in [0.3, 0.4) is 0 Å². The number of hydrogen-bond donors (Lipinski definition) is 0. The maximum Gasteiger partial charge on any atom is 0.269 e. The van der Waals surface area contributed by atoms with Crippen LogP contribution in [-0.4, -0.2) is 47.2 Å². The Morgan fingerprint density at radius 1 is 1.00 bits per heavy atom. The Morgan fingerprint density at radius 3 is 2.29 bits per heavy atom. The molecule has 1 heterocycles. The molecular weight excluding hydrogens is 304 g/mol. The molecule has 0 bridgehead atoms. The summed E-state index contributed by atoms with van der Waals surface area (Å²) in [7, 11) is 0. The Hall–Kier alpha value is -2.73. The van der Waals surface area contributed by atoms with Crippen LogP contribution in [0.5, 0.6) is 0 Å². The van der Waals surface area contributed by atoms with Gasteiger partial charge < -0.3 is 0 Å². The van der Waals surface area contributed by atoms with Crippen LogP contribution in [0.1, 0.15) is 11.1 Å². The van der Waals surface area contributed by atoms with E-state index in [1.165, 1.54) is 17.7 Å². The minimum absolute atomic E-state index is 0.0988. The summed E-state index contributed by atoms with van der Waals surface area (Å²) < 4.78 is 0. The Balaban J connectivity index is 1.49. The Bertz CT molecular complexity index is 693. The quantitative estimate of drug-likeness (QED) is 0.482. The predicted octanol–water partition coefficient (Wildman–Crippen LogP) is 2.75. The average Bonchev–Trinajstić information content (AvgIpc) is 2.62. The highest BCUT2D eigenvalue weighted by molar-refractivity contribution is 5.79. The summed E-state index contributed by atoms with van der Waals surface area (Å²) in [5.41, 5.74) is 2.30. The van der Waals surface area contributed by atoms with Gasteiger partial charge in [0.2, 0.25) is 0 Å². The first kappa shape index (κ1) is 16.1. The molecule has 2 aromatic carbocycles. The van der Waals surface area contributed by atoms with Crippen LogP contribution in [0.25, 0.3) is 0 Å². The van der Waals surface area contributed by atoms with Gasteiger partial charge in [-0.25, -0.2) is 0 Å². The van der Waals surface area contributed by atoms with Crippen molar-refractivity contribution in [2.75, 3.05) is 26.2 Å². The molecule has 0 aromatic heterocycles. The largest absolute Gasteiger partial charge is 0.295 e. The topological polar surface area (TPSA) is 62.0 Å². The van der Waals surface area contributed by atoms with Gasteiger partial charge in [0.05, 0.1) is 11.1 Å². The zero-order valence-electron chi connectivity index (χ0n) is 13.4. The lowest BCUT2D eigenvalue weighted by Crippen LogP contribution is -2.43. The number of hydrogen-bond acceptors (Lipinski definition) is 5. The van der Waals surface area contributed by atoms with Crippen molar-refractivity contribution in [1.82, 2.24) is 9.91 Å². The Kier molecular flexibility index (Phi) is 5.18. The SMILES string of the molecule is O=[N+]([O-])c1ccc(/C=N/N2CCN(Cc3ccccc3)CC2)cc1. The molecule has 0 N–H and O–H groups in total. The molecule has 1 fully saturated rings. The third kappa shape index (κ3) is 4.39. The van der Waals surface area contributed by atoms with Crippen LogP contribution in [0.2, 0.25) is 0 Å². The fraction of sp³-hybridized carbons (Fsp3) is 0.278. The second-order valence-corrected chi connectivity index (χ2v) is 5.81. The van der Waals surface area contributed by atoms with Crippen molar-refractivity contribution in [3.63, 3.8) is 0 Å². The van der Waals surface area contributed by atoms with Crippen molar-refractivity contribution in [2.45, 2.75) is 6.54 Å². The summed E-state index contributed by atoms with van der Waals surface area (Å²) in [6.07, 6.45) is 1.76. The van der Waals surface area contributed by atoms with E-state index in [1.807, 2.05) is 11.1 Å². The van der Waals surface area contributed by atoms with Crippen LogP contribution in [0.15, 0.2) is 59.7 Å². The molecule has 6 heteroatoms. The highest BCUT2D eigenvalue weighted by Gasteiger charge is 2.15. The zero-order chi connectivity index (χ0) is 16.8. The van der Waals surface area contributed by atoms with Gasteiger partial charge in [0.1, 0.15) is 0 Å². The van der Waals surface area contributed by atoms with Gasteiger partial charge in [-0.1, -0.05) is 30.3 Å². The molecule has 0 unspecified atom stereocenters. The fourth-order valence-corrected chi connectivity index (χ4v) is 2.68. The van der Waals surface area contributed by atoms with Crippen LogP contribution in [-0.2, 0) is 6.54 Å². The molecule has 24 heavy (non-hydrogen) atoms. The van der Waals surface area contributed by atoms with E-state index in [0.29, 0.717) is 0 Å². The highest BCUT2D eigenvalue weighted by atomic mass is 16.6. The number of benzene rings is 2. The molecule has 1 aliphatic rings. The number of nitrogens with zero attached hydrogens (tertiary/aromatic N) is 4. The summed E-state index contributed by atoms with van der Waals surface area (Å²) in [6, 6.07) is 16.9. The molecule has 3 rings (SSSR count). The van der Waals surface area contributed by atoms with Gasteiger partial charge >= 0.3 is 0 Å². The number of nitro benzene ring substituents is 1. The molecule has 0 amide bonds. The smallest absolute Gasteiger partial charge is 0.269 e. The van der Waals surface area contributed by atoms with Crippen LogP contribution >= 0.6 is 0 Å². The van der Waals surface area contributed by atoms with Gasteiger partial charge in [-0.15, -0.1) is 0 Å². The molecule has 2 aromatic rings. The third-order valence-corrected chi connectivity index (χ3v) is 4.07. The van der Waals surface area contributed by atoms with Crippen LogP contribution in [0.4, 0.5) is 5.69 Å². The van der Waals surface area contributed by atoms with E-state index in [2.05, 4.69) is 34.3 Å². The van der Waals surface area contributed by atoms with Crippen molar-refractivity contribution >= 4 is 11.9 Å². The van der Waals surface area contributed by atoms with E-state index in [-0.39, 0.29) is 5.69 Å². The summed E-state index contributed by atoms with van der Waals surface area (Å²) in [6.45, 7) is 4.70. The Morgan fingerprint density at radius 2 is 1.67 bits per heavy atom. The molecule has 0 aliphatic carbocycles. The monoisotopic (exact) mass is 324 g/mol. The molecular formula is C18H20N4O2. The second kappa shape index (κ2) is 7.70. The van der Waals surface area contributed by atoms with Gasteiger partial charge in [-0.2, -0.15) is 5.10 Å². The molecule has 0 spiro atoms. The van der Waals surface area contributed by atoms with E-state index in [4.69, 9.17) is 0 Å². The lowest BCUT2D eigenvalue weighted by Gasteiger charge is -2.33. The van der Waals surface area contributed by atoms with Gasteiger partial charge in [0, 0.05) is 44.9 Å². The van der Waals surface area contributed by atoms with Gasteiger partial charge in [-0.3, -0.25) is 20.0 Å². The molecule has 1 saturated heterocycles. The molecule has 0 saturated carbocycles. The van der Waals surface area contributed by atoms with Crippen molar-refractivity contribution < 1.29 is 4.92 Å². The molecule has 6 nitrogen and oxygen atoms in total. The molecule has 0 radical (unpaired) electrons. The van der Waals surface area contributed by atoms with Crippen molar-refractivity contribution in [3.05, 3.63) is 75.8 Å². The van der Waals surface area contributed by atoms with Gasteiger partial charge in [0.15, 0.2) is 0 Å². The maximum atomic E-state index is 10.6. The second-order valence-electron chi connectivity index (χ2n) is 5.81. The van der Waals surface area contributed by atoms with E-state index in [0.717, 1.165) is 38.3 Å². The normalized spacial score (nSPS) is 15.8. The number of non-ortho nitro benzene ring substituents is 1. The maximum absolute atomic E-state index is 10.6. The number of piperazine rings is 1. The lowest BCUT2D eigenvalue weighted by molar-refractivity contribution is -0.384. The summed E-state index contributed by atoms with van der Waals surface area (Å²) >= 11 is 0. The summed E-state index contributed by atoms with van der Waals surface area (Å²) in [4.78, 5) is 12.7. The number of nitro groups is 1. The summed E-state index contributed by atoms with van der Waals surface area (Å²) in [5, 5.41) is 17.2. The molecule has 1 aliphatic heterocycles. The third-order valence-electron chi connectivity index (χ3n) is 4.07. The molecule has 124 valence electrons. The van der Waals surface area contributed by atoms with Gasteiger partial charge in [0.25, 0.3) is 5.69 Å². The number of hydrazone groups is 1. The Labute approximate surface area is 141 Å². The van der Waals surface area contributed by atoms with Crippen LogP contribution in [0, 0.1) is 10.1 Å². The minimum atomic E-state index is -0.396. The molecule has 0 atom stereocenters. The van der Waals surface area contributed by atoms with Crippen molar-refractivity contribution in [3.8, 4) is 0 Å². The van der Waals surface area contributed by atoms with E-state index in [9.17, 15) is 10.1 Å². The predicted molar refractivity (Wildman–Crippen MR) is 94.0 cm³/mol. The first-order chi connectivity index (χ1) is 11.7. The summed E-state index contributed by atoms with van der Waals surface area (Å²) in [5.74, 6) is 0. The average molecular weight is 324 g/mol. The van der Waals surface area contributed by atoms with Gasteiger partial charge in [-0.05, 0) is 23.3 Å². The van der Waals surface area contributed by atoms with E-state index < -0.39 is 4.92 Å². The highest BCUT2D eigenvalue weighted by Crippen LogP contribution is 2.11. The van der Waals surface area contributed by atoms with E-state index >= 15 is 0 Å². The zero-order valence-corrected chi connectivity index (χ0v) is 13.4. The number of rotatable bonds is 5. The lowest BCUT2D eigenvalue weighted by atomic mass is 10.2.